The Hall–Kier alpha value is -2.24. The van der Waals surface area contributed by atoms with Crippen LogP contribution in [0.4, 0.5) is 10.5 Å². The van der Waals surface area contributed by atoms with E-state index in [1.165, 1.54) is 32.4 Å². The maximum atomic E-state index is 11.1. The van der Waals surface area contributed by atoms with E-state index < -0.39 is 12.0 Å². The normalized spacial score (nSPS) is 9.38. The molecule has 86 valence electrons. The van der Waals surface area contributed by atoms with E-state index in [-0.39, 0.29) is 5.56 Å². The van der Waals surface area contributed by atoms with E-state index >= 15 is 0 Å². The molecular weight excluding hydrogens is 212 g/mol. The first-order valence-electron chi connectivity index (χ1n) is 4.48. The van der Waals surface area contributed by atoms with Gasteiger partial charge in [-0.2, -0.15) is 0 Å². The molecule has 0 aromatic heterocycles. The Morgan fingerprint density at radius 1 is 1.38 bits per heavy atom. The van der Waals surface area contributed by atoms with Gasteiger partial charge in [0.25, 0.3) is 0 Å². The van der Waals surface area contributed by atoms with Crippen LogP contribution in [-0.2, 0) is 0 Å². The summed E-state index contributed by atoms with van der Waals surface area (Å²) in [6.45, 7) is 0. The smallest absolute Gasteiger partial charge is 0.335 e. The molecule has 0 atom stereocenters. The van der Waals surface area contributed by atoms with E-state index in [1.54, 1.807) is 0 Å². The van der Waals surface area contributed by atoms with Gasteiger partial charge in [0, 0.05) is 7.05 Å². The van der Waals surface area contributed by atoms with Gasteiger partial charge in [-0.25, -0.2) is 9.59 Å². The molecular formula is C10H12N2O4. The number of aromatic carboxylic acids is 1. The van der Waals surface area contributed by atoms with Gasteiger partial charge >= 0.3 is 12.0 Å². The highest BCUT2D eigenvalue weighted by molar-refractivity contribution is 5.94. The highest BCUT2D eigenvalue weighted by atomic mass is 16.5. The average molecular weight is 224 g/mol. The van der Waals surface area contributed by atoms with Gasteiger partial charge in [0.15, 0.2) is 0 Å². The van der Waals surface area contributed by atoms with E-state index in [4.69, 9.17) is 9.84 Å². The van der Waals surface area contributed by atoms with Crippen LogP contribution < -0.4 is 15.4 Å². The van der Waals surface area contributed by atoms with Crippen LogP contribution in [0.1, 0.15) is 10.4 Å². The minimum atomic E-state index is -1.07. The molecule has 1 rings (SSSR count). The lowest BCUT2D eigenvalue weighted by Crippen LogP contribution is -2.24. The summed E-state index contributed by atoms with van der Waals surface area (Å²) in [5.74, 6) is -0.670. The van der Waals surface area contributed by atoms with Gasteiger partial charge in [-0.05, 0) is 18.2 Å². The number of ether oxygens (including phenoxy) is 1. The second-order valence-corrected chi connectivity index (χ2v) is 2.92. The molecule has 0 bridgehead atoms. The van der Waals surface area contributed by atoms with Crippen LogP contribution in [0.2, 0.25) is 0 Å². The van der Waals surface area contributed by atoms with Crippen molar-refractivity contribution in [1.82, 2.24) is 5.32 Å². The van der Waals surface area contributed by atoms with Crippen molar-refractivity contribution in [2.75, 3.05) is 19.5 Å². The number of benzene rings is 1. The van der Waals surface area contributed by atoms with Crippen molar-refractivity contribution in [3.05, 3.63) is 23.8 Å². The first-order valence-corrected chi connectivity index (χ1v) is 4.48. The SMILES string of the molecule is CNC(=O)Nc1cc(C(=O)O)ccc1OC. The third kappa shape index (κ3) is 2.63. The molecule has 0 radical (unpaired) electrons. The molecule has 6 heteroatoms. The van der Waals surface area contributed by atoms with Crippen molar-refractivity contribution in [2.45, 2.75) is 0 Å². The summed E-state index contributed by atoms with van der Waals surface area (Å²) < 4.78 is 4.99. The number of amides is 2. The Balaban J connectivity index is 3.06. The van der Waals surface area contributed by atoms with E-state index in [0.717, 1.165) is 0 Å². The van der Waals surface area contributed by atoms with Gasteiger partial charge < -0.3 is 20.5 Å². The molecule has 0 saturated heterocycles. The molecule has 6 nitrogen and oxygen atoms in total. The molecule has 0 heterocycles. The summed E-state index contributed by atoms with van der Waals surface area (Å²) >= 11 is 0. The number of urea groups is 1. The number of carbonyl (C=O) groups excluding carboxylic acids is 1. The topological polar surface area (TPSA) is 87.7 Å². The van der Waals surface area contributed by atoms with Crippen LogP contribution in [0.25, 0.3) is 0 Å². The number of carboxylic acid groups (broad SMARTS) is 1. The fourth-order valence-electron chi connectivity index (χ4n) is 1.12. The Bertz CT molecular complexity index is 417. The highest BCUT2D eigenvalue weighted by Gasteiger charge is 2.10. The zero-order valence-electron chi connectivity index (χ0n) is 8.90. The number of carboxylic acids is 1. The minimum Gasteiger partial charge on any atom is -0.495 e. The summed E-state index contributed by atoms with van der Waals surface area (Å²) in [6.07, 6.45) is 0. The van der Waals surface area contributed by atoms with Crippen molar-refractivity contribution in [3.8, 4) is 5.75 Å². The van der Waals surface area contributed by atoms with Crippen LogP contribution in [-0.4, -0.2) is 31.3 Å². The zero-order chi connectivity index (χ0) is 12.1. The molecule has 0 unspecified atom stereocenters. The Kier molecular flexibility index (Phi) is 3.71. The molecule has 0 aliphatic heterocycles. The summed E-state index contributed by atoms with van der Waals surface area (Å²) in [5, 5.41) is 13.6. The predicted octanol–water partition coefficient (Wildman–Crippen LogP) is 1.14. The summed E-state index contributed by atoms with van der Waals surface area (Å²) in [6, 6.07) is 3.77. The number of hydrogen-bond acceptors (Lipinski definition) is 3. The maximum Gasteiger partial charge on any atom is 0.335 e. The number of hydrogen-bond donors (Lipinski definition) is 3. The molecule has 3 N–H and O–H groups in total. The van der Waals surface area contributed by atoms with E-state index in [0.29, 0.717) is 11.4 Å². The van der Waals surface area contributed by atoms with Crippen molar-refractivity contribution < 1.29 is 19.4 Å². The van der Waals surface area contributed by atoms with Crippen LogP contribution >= 0.6 is 0 Å². The number of rotatable bonds is 3. The number of methoxy groups -OCH3 is 1. The molecule has 1 aromatic carbocycles. The lowest BCUT2D eigenvalue weighted by molar-refractivity contribution is 0.0697. The Morgan fingerprint density at radius 3 is 2.56 bits per heavy atom. The largest absolute Gasteiger partial charge is 0.495 e. The summed E-state index contributed by atoms with van der Waals surface area (Å²) in [7, 11) is 2.90. The summed E-state index contributed by atoms with van der Waals surface area (Å²) in [4.78, 5) is 21.8. The number of nitrogens with one attached hydrogen (secondary N) is 2. The molecule has 1 aromatic rings. The second-order valence-electron chi connectivity index (χ2n) is 2.92. The average Bonchev–Trinajstić information content (AvgIpc) is 2.28. The Morgan fingerprint density at radius 2 is 2.06 bits per heavy atom. The molecule has 0 aliphatic carbocycles. The number of anilines is 1. The first-order chi connectivity index (χ1) is 7.58. The third-order valence-corrected chi connectivity index (χ3v) is 1.92. The zero-order valence-corrected chi connectivity index (χ0v) is 8.90. The fraction of sp³-hybridized carbons (Fsp3) is 0.200. The van der Waals surface area contributed by atoms with E-state index in [1.807, 2.05) is 0 Å². The monoisotopic (exact) mass is 224 g/mol. The van der Waals surface area contributed by atoms with E-state index in [9.17, 15) is 9.59 Å². The standard InChI is InChI=1S/C10H12N2O4/c1-11-10(15)12-7-5-6(9(13)14)3-4-8(7)16-2/h3-5H,1-2H3,(H,13,14)(H2,11,12,15). The first kappa shape index (κ1) is 11.8. The van der Waals surface area contributed by atoms with Gasteiger partial charge in [-0.3, -0.25) is 0 Å². The molecule has 16 heavy (non-hydrogen) atoms. The predicted molar refractivity (Wildman–Crippen MR) is 58.0 cm³/mol. The molecule has 0 spiro atoms. The molecule has 0 saturated carbocycles. The van der Waals surface area contributed by atoms with Crippen LogP contribution in [0.15, 0.2) is 18.2 Å². The molecule has 0 aliphatic rings. The van der Waals surface area contributed by atoms with Crippen LogP contribution in [0.5, 0.6) is 5.75 Å². The van der Waals surface area contributed by atoms with Crippen molar-refractivity contribution in [3.63, 3.8) is 0 Å². The van der Waals surface area contributed by atoms with Crippen molar-refractivity contribution in [1.29, 1.82) is 0 Å². The molecule has 0 fully saturated rings. The van der Waals surface area contributed by atoms with Gasteiger partial charge in [0.05, 0.1) is 18.4 Å². The third-order valence-electron chi connectivity index (χ3n) is 1.92. The maximum absolute atomic E-state index is 11.1. The molecule has 2 amide bonds. The minimum absolute atomic E-state index is 0.0761. The lowest BCUT2D eigenvalue weighted by Gasteiger charge is -2.10. The summed E-state index contributed by atoms with van der Waals surface area (Å²) in [5.41, 5.74) is 0.383. The Labute approximate surface area is 92.2 Å². The van der Waals surface area contributed by atoms with Crippen molar-refractivity contribution >= 4 is 17.7 Å². The lowest BCUT2D eigenvalue weighted by atomic mass is 10.2. The number of carbonyl (C=O) groups is 2. The van der Waals surface area contributed by atoms with Gasteiger partial charge in [0.1, 0.15) is 5.75 Å². The van der Waals surface area contributed by atoms with Crippen LogP contribution in [0, 0.1) is 0 Å². The van der Waals surface area contributed by atoms with Crippen molar-refractivity contribution in [2.24, 2.45) is 0 Å². The van der Waals surface area contributed by atoms with Gasteiger partial charge in [-0.1, -0.05) is 0 Å². The quantitative estimate of drug-likeness (QED) is 0.718. The van der Waals surface area contributed by atoms with E-state index in [2.05, 4.69) is 10.6 Å². The fourth-order valence-corrected chi connectivity index (χ4v) is 1.12. The van der Waals surface area contributed by atoms with Crippen LogP contribution in [0.3, 0.4) is 0 Å². The highest BCUT2D eigenvalue weighted by Crippen LogP contribution is 2.25. The second kappa shape index (κ2) is 5.01. The van der Waals surface area contributed by atoms with Gasteiger partial charge in [-0.15, -0.1) is 0 Å². The van der Waals surface area contributed by atoms with Gasteiger partial charge in [0.2, 0.25) is 0 Å².